The lowest BCUT2D eigenvalue weighted by atomic mass is 10.0. The van der Waals surface area contributed by atoms with Gasteiger partial charge in [0.05, 0.1) is 23.2 Å². The van der Waals surface area contributed by atoms with Crippen molar-refractivity contribution in [3.63, 3.8) is 0 Å². The molecule has 3 N–H and O–H groups in total. The van der Waals surface area contributed by atoms with Crippen LogP contribution in [-0.4, -0.2) is 51.1 Å². The van der Waals surface area contributed by atoms with E-state index in [-0.39, 0.29) is 23.4 Å². The van der Waals surface area contributed by atoms with Crippen molar-refractivity contribution < 1.29 is 22.7 Å². The Balaban J connectivity index is 1.95. The molecule has 0 radical (unpaired) electrons. The molecule has 10 heteroatoms. The van der Waals surface area contributed by atoms with Crippen LogP contribution in [0, 0.1) is 6.92 Å². The number of anilines is 2. The molecule has 1 fully saturated rings. The quantitative estimate of drug-likeness (QED) is 0.613. The summed E-state index contributed by atoms with van der Waals surface area (Å²) in [6.45, 7) is 7.65. The van der Waals surface area contributed by atoms with Crippen molar-refractivity contribution in [1.29, 1.82) is 0 Å². The summed E-state index contributed by atoms with van der Waals surface area (Å²) in [7, 11) is -2.19. The fraction of sp³-hybridized carbons (Fsp3) is 0.391. The van der Waals surface area contributed by atoms with Crippen molar-refractivity contribution in [1.82, 2.24) is 10.2 Å². The normalized spacial score (nSPS) is 16.9. The van der Waals surface area contributed by atoms with Gasteiger partial charge in [0.2, 0.25) is 5.91 Å². The summed E-state index contributed by atoms with van der Waals surface area (Å²) < 4.78 is 34.1. The van der Waals surface area contributed by atoms with Crippen molar-refractivity contribution in [3.8, 4) is 0 Å². The minimum atomic E-state index is -3.89. The first-order chi connectivity index (χ1) is 15.3. The molecular formula is C23H30N4O5S. The molecule has 1 saturated heterocycles. The summed E-state index contributed by atoms with van der Waals surface area (Å²) in [5, 5.41) is 5.78. The SMILES string of the molecule is Cc1ccc(S(=O)(=O)Nc2cc(NC(=O)OC(C)(C)C)ccc2C2CN(C)C(=O)CN2)cc1. The Labute approximate surface area is 194 Å². The van der Waals surface area contributed by atoms with Gasteiger partial charge in [0.15, 0.2) is 0 Å². The molecule has 178 valence electrons. The second kappa shape index (κ2) is 9.40. The number of hydrogen-bond donors (Lipinski definition) is 3. The molecule has 2 aromatic rings. The number of nitrogens with one attached hydrogen (secondary N) is 3. The van der Waals surface area contributed by atoms with Gasteiger partial charge in [-0.05, 0) is 57.5 Å². The van der Waals surface area contributed by atoms with Crippen molar-refractivity contribution in [2.45, 2.75) is 44.2 Å². The Hall–Kier alpha value is -3.11. The summed E-state index contributed by atoms with van der Waals surface area (Å²) in [6, 6.07) is 11.2. The van der Waals surface area contributed by atoms with Gasteiger partial charge in [-0.2, -0.15) is 0 Å². The molecule has 0 aliphatic carbocycles. The number of carbonyl (C=O) groups excluding carboxylic acids is 2. The molecule has 2 amide bonds. The van der Waals surface area contributed by atoms with Gasteiger partial charge in [0, 0.05) is 19.3 Å². The number of ether oxygens (including phenoxy) is 1. The Morgan fingerprint density at radius 2 is 1.82 bits per heavy atom. The molecule has 1 atom stereocenters. The maximum absolute atomic E-state index is 13.1. The van der Waals surface area contributed by atoms with Crippen LogP contribution in [0.25, 0.3) is 0 Å². The number of benzene rings is 2. The van der Waals surface area contributed by atoms with Crippen LogP contribution in [0.4, 0.5) is 16.2 Å². The van der Waals surface area contributed by atoms with Gasteiger partial charge in [-0.1, -0.05) is 23.8 Å². The van der Waals surface area contributed by atoms with Gasteiger partial charge in [-0.15, -0.1) is 0 Å². The van der Waals surface area contributed by atoms with Crippen LogP contribution in [0.15, 0.2) is 47.4 Å². The molecule has 1 unspecified atom stereocenters. The maximum Gasteiger partial charge on any atom is 0.412 e. The van der Waals surface area contributed by atoms with Crippen molar-refractivity contribution in [2.75, 3.05) is 30.2 Å². The van der Waals surface area contributed by atoms with Crippen molar-refractivity contribution >= 4 is 33.4 Å². The van der Waals surface area contributed by atoms with Gasteiger partial charge in [0.1, 0.15) is 5.60 Å². The topological polar surface area (TPSA) is 117 Å². The van der Waals surface area contributed by atoms with Gasteiger partial charge in [-0.3, -0.25) is 20.2 Å². The van der Waals surface area contributed by atoms with E-state index in [9.17, 15) is 18.0 Å². The van der Waals surface area contributed by atoms with E-state index in [0.29, 0.717) is 23.5 Å². The van der Waals surface area contributed by atoms with Gasteiger partial charge in [0.25, 0.3) is 10.0 Å². The monoisotopic (exact) mass is 474 g/mol. The van der Waals surface area contributed by atoms with E-state index >= 15 is 0 Å². The smallest absolute Gasteiger partial charge is 0.412 e. The van der Waals surface area contributed by atoms with E-state index in [4.69, 9.17) is 4.74 Å². The fourth-order valence-electron chi connectivity index (χ4n) is 3.36. The van der Waals surface area contributed by atoms with Gasteiger partial charge < -0.3 is 9.64 Å². The predicted octanol–water partition coefficient (Wildman–Crippen LogP) is 3.25. The number of amides is 2. The molecule has 1 aliphatic rings. The molecule has 9 nitrogen and oxygen atoms in total. The van der Waals surface area contributed by atoms with E-state index in [1.165, 1.54) is 12.1 Å². The van der Waals surface area contributed by atoms with E-state index in [1.807, 2.05) is 6.92 Å². The molecule has 2 aromatic carbocycles. The molecule has 0 saturated carbocycles. The first-order valence-electron chi connectivity index (χ1n) is 10.5. The second-order valence-electron chi connectivity index (χ2n) is 9.06. The number of likely N-dealkylation sites (N-methyl/N-ethyl adjacent to an activating group) is 1. The van der Waals surface area contributed by atoms with E-state index in [2.05, 4.69) is 15.4 Å². The van der Waals surface area contributed by atoms with Gasteiger partial charge in [-0.25, -0.2) is 13.2 Å². The highest BCUT2D eigenvalue weighted by molar-refractivity contribution is 7.92. The summed E-state index contributed by atoms with van der Waals surface area (Å²) in [6.07, 6.45) is -0.649. The van der Waals surface area contributed by atoms with E-state index in [0.717, 1.165) is 5.56 Å². The summed E-state index contributed by atoms with van der Waals surface area (Å²) >= 11 is 0. The molecule has 1 aliphatic heterocycles. The summed E-state index contributed by atoms with van der Waals surface area (Å²) in [5.41, 5.74) is 1.58. The molecule has 1 heterocycles. The zero-order valence-corrected chi connectivity index (χ0v) is 20.2. The minimum absolute atomic E-state index is 0.0451. The third kappa shape index (κ3) is 6.45. The Morgan fingerprint density at radius 1 is 1.15 bits per heavy atom. The standard InChI is InChI=1S/C23H30N4O5S/c1-15-6-9-17(10-7-15)33(30,31)26-19-12-16(25-22(29)32-23(2,3)4)8-11-18(19)20-14-27(5)21(28)13-24-20/h6-12,20,24,26H,13-14H2,1-5H3,(H,25,29). The van der Waals surface area contributed by atoms with Crippen LogP contribution in [0.5, 0.6) is 0 Å². The summed E-state index contributed by atoms with van der Waals surface area (Å²) in [4.78, 5) is 25.8. The molecule has 0 bridgehead atoms. The van der Waals surface area contributed by atoms with Crippen LogP contribution in [0.2, 0.25) is 0 Å². The predicted molar refractivity (Wildman–Crippen MR) is 127 cm³/mol. The highest BCUT2D eigenvalue weighted by Crippen LogP contribution is 2.30. The largest absolute Gasteiger partial charge is 0.444 e. The Morgan fingerprint density at radius 3 is 2.42 bits per heavy atom. The average molecular weight is 475 g/mol. The molecule has 0 spiro atoms. The lowest BCUT2D eigenvalue weighted by molar-refractivity contribution is -0.131. The van der Waals surface area contributed by atoms with Crippen LogP contribution in [-0.2, 0) is 19.6 Å². The lowest BCUT2D eigenvalue weighted by Crippen LogP contribution is -2.48. The van der Waals surface area contributed by atoms with Crippen LogP contribution in [0.3, 0.4) is 0 Å². The zero-order valence-electron chi connectivity index (χ0n) is 19.4. The minimum Gasteiger partial charge on any atom is -0.444 e. The molecule has 3 rings (SSSR count). The number of rotatable bonds is 5. The highest BCUT2D eigenvalue weighted by atomic mass is 32.2. The molecule has 0 aromatic heterocycles. The third-order valence-electron chi connectivity index (χ3n) is 5.03. The number of sulfonamides is 1. The van der Waals surface area contributed by atoms with E-state index < -0.39 is 21.7 Å². The average Bonchev–Trinajstić information content (AvgIpc) is 2.69. The number of nitrogens with zero attached hydrogens (tertiary/aromatic N) is 1. The van der Waals surface area contributed by atoms with Crippen LogP contribution < -0.4 is 15.4 Å². The van der Waals surface area contributed by atoms with Gasteiger partial charge >= 0.3 is 6.09 Å². The Kier molecular flexibility index (Phi) is 6.99. The fourth-order valence-corrected chi connectivity index (χ4v) is 4.44. The number of hydrogen-bond acceptors (Lipinski definition) is 6. The maximum atomic E-state index is 13.1. The van der Waals surface area contributed by atoms with Crippen LogP contribution >= 0.6 is 0 Å². The molecular weight excluding hydrogens is 444 g/mol. The number of carbonyl (C=O) groups is 2. The number of aryl methyl sites for hydroxylation is 1. The van der Waals surface area contributed by atoms with Crippen molar-refractivity contribution in [3.05, 3.63) is 53.6 Å². The Bertz CT molecular complexity index is 1140. The first kappa shape index (κ1) is 24.5. The number of piperazine rings is 1. The second-order valence-corrected chi connectivity index (χ2v) is 10.7. The molecule has 33 heavy (non-hydrogen) atoms. The summed E-state index contributed by atoms with van der Waals surface area (Å²) in [5.74, 6) is -0.0451. The highest BCUT2D eigenvalue weighted by Gasteiger charge is 2.27. The third-order valence-corrected chi connectivity index (χ3v) is 6.41. The van der Waals surface area contributed by atoms with E-state index in [1.54, 1.807) is 63.1 Å². The van der Waals surface area contributed by atoms with Crippen molar-refractivity contribution in [2.24, 2.45) is 0 Å². The lowest BCUT2D eigenvalue weighted by Gasteiger charge is -2.32. The zero-order chi connectivity index (χ0) is 24.4. The first-order valence-corrected chi connectivity index (χ1v) is 12.0. The van der Waals surface area contributed by atoms with Crippen LogP contribution in [0.1, 0.15) is 37.9 Å².